The molecule has 1 aliphatic carbocycles. The van der Waals surface area contributed by atoms with Gasteiger partial charge in [0, 0.05) is 19.1 Å². The maximum atomic E-state index is 11.4. The van der Waals surface area contributed by atoms with Gasteiger partial charge in [-0.1, -0.05) is 19.8 Å². The first-order chi connectivity index (χ1) is 8.48. The number of nitrogens with one attached hydrogen (secondary N) is 1. The molecule has 1 rings (SSSR count). The third kappa shape index (κ3) is 5.36. The van der Waals surface area contributed by atoms with Crippen molar-refractivity contribution in [3.05, 3.63) is 0 Å². The third-order valence-corrected chi connectivity index (χ3v) is 3.42. The predicted molar refractivity (Wildman–Crippen MR) is 71.8 cm³/mol. The summed E-state index contributed by atoms with van der Waals surface area (Å²) >= 11 is 0. The first-order valence-electron chi connectivity index (χ1n) is 7.10. The minimum Gasteiger partial charge on any atom is -0.480 e. The van der Waals surface area contributed by atoms with Gasteiger partial charge in [-0.15, -0.1) is 0 Å². The number of hydrogen-bond acceptors (Lipinski definition) is 3. The molecule has 4 nitrogen and oxygen atoms in total. The van der Waals surface area contributed by atoms with Crippen LogP contribution in [0.2, 0.25) is 0 Å². The number of carboxylic acids is 1. The molecule has 4 heteroatoms. The molecule has 0 aromatic carbocycles. The predicted octanol–water partition coefficient (Wildman–Crippen LogP) is 2.57. The summed E-state index contributed by atoms with van der Waals surface area (Å²) in [4.78, 5) is 11.4. The fourth-order valence-electron chi connectivity index (χ4n) is 2.16. The Morgan fingerprint density at radius 2 is 2.17 bits per heavy atom. The van der Waals surface area contributed by atoms with E-state index in [0.717, 1.165) is 25.9 Å². The molecule has 2 unspecified atom stereocenters. The van der Waals surface area contributed by atoms with Crippen LogP contribution in [0.4, 0.5) is 0 Å². The van der Waals surface area contributed by atoms with E-state index in [9.17, 15) is 9.90 Å². The standard InChI is InChI=1S/C14H27NO3/c1-4-5-6-9-18-11(2)10-14(3,13(16)17)15-12-7-8-12/h11-12,15H,4-10H2,1-3H3,(H,16,17). The van der Waals surface area contributed by atoms with Crippen molar-refractivity contribution in [3.63, 3.8) is 0 Å². The zero-order valence-corrected chi connectivity index (χ0v) is 11.9. The number of hydrogen-bond donors (Lipinski definition) is 2. The smallest absolute Gasteiger partial charge is 0.323 e. The Labute approximate surface area is 110 Å². The topological polar surface area (TPSA) is 58.6 Å². The van der Waals surface area contributed by atoms with Crippen molar-refractivity contribution in [1.82, 2.24) is 5.32 Å². The van der Waals surface area contributed by atoms with Gasteiger partial charge in [-0.05, 0) is 33.1 Å². The summed E-state index contributed by atoms with van der Waals surface area (Å²) in [6.07, 6.45) is 6.08. The number of rotatable bonds is 10. The molecule has 0 amide bonds. The van der Waals surface area contributed by atoms with Gasteiger partial charge >= 0.3 is 5.97 Å². The number of carboxylic acid groups (broad SMARTS) is 1. The third-order valence-electron chi connectivity index (χ3n) is 3.42. The summed E-state index contributed by atoms with van der Waals surface area (Å²) in [5, 5.41) is 12.6. The highest BCUT2D eigenvalue weighted by Crippen LogP contribution is 2.25. The van der Waals surface area contributed by atoms with Crippen molar-refractivity contribution >= 4 is 5.97 Å². The lowest BCUT2D eigenvalue weighted by Gasteiger charge is -2.29. The summed E-state index contributed by atoms with van der Waals surface area (Å²) in [7, 11) is 0. The molecule has 2 atom stereocenters. The number of aliphatic carboxylic acids is 1. The van der Waals surface area contributed by atoms with Gasteiger partial charge in [0.2, 0.25) is 0 Å². The molecule has 0 radical (unpaired) electrons. The normalized spacial score (nSPS) is 20.4. The summed E-state index contributed by atoms with van der Waals surface area (Å²) in [6, 6.07) is 0.387. The zero-order chi connectivity index (χ0) is 13.6. The van der Waals surface area contributed by atoms with E-state index in [1.54, 1.807) is 6.92 Å². The molecule has 0 heterocycles. The van der Waals surface area contributed by atoms with Crippen molar-refractivity contribution < 1.29 is 14.6 Å². The van der Waals surface area contributed by atoms with Gasteiger partial charge in [0.05, 0.1) is 6.10 Å². The van der Waals surface area contributed by atoms with Crippen LogP contribution in [0.1, 0.15) is 59.3 Å². The lowest BCUT2D eigenvalue weighted by molar-refractivity contribution is -0.146. The summed E-state index contributed by atoms with van der Waals surface area (Å²) in [5.74, 6) is -0.779. The molecular formula is C14H27NO3. The molecule has 2 N–H and O–H groups in total. The van der Waals surface area contributed by atoms with Gasteiger partial charge in [-0.25, -0.2) is 0 Å². The second kappa shape index (κ2) is 7.10. The molecule has 1 fully saturated rings. The van der Waals surface area contributed by atoms with Gasteiger partial charge in [-0.2, -0.15) is 0 Å². The Kier molecular flexibility index (Phi) is 6.09. The monoisotopic (exact) mass is 257 g/mol. The van der Waals surface area contributed by atoms with Crippen LogP contribution < -0.4 is 5.32 Å². The molecule has 18 heavy (non-hydrogen) atoms. The molecule has 0 saturated heterocycles. The quantitative estimate of drug-likeness (QED) is 0.591. The molecule has 1 saturated carbocycles. The molecule has 0 aliphatic heterocycles. The lowest BCUT2D eigenvalue weighted by atomic mass is 9.94. The van der Waals surface area contributed by atoms with Gasteiger partial charge in [-0.3, -0.25) is 10.1 Å². The van der Waals surface area contributed by atoms with E-state index in [4.69, 9.17) is 4.74 Å². The maximum absolute atomic E-state index is 11.4. The minimum atomic E-state index is -0.856. The van der Waals surface area contributed by atoms with Crippen LogP contribution in [-0.2, 0) is 9.53 Å². The highest BCUT2D eigenvalue weighted by Gasteiger charge is 2.39. The highest BCUT2D eigenvalue weighted by molar-refractivity contribution is 5.78. The molecule has 0 aromatic heterocycles. The number of ether oxygens (including phenoxy) is 1. The lowest BCUT2D eigenvalue weighted by Crippen LogP contribution is -2.52. The van der Waals surface area contributed by atoms with Crippen LogP contribution >= 0.6 is 0 Å². The Balaban J connectivity index is 2.32. The fourth-order valence-corrected chi connectivity index (χ4v) is 2.16. The van der Waals surface area contributed by atoms with E-state index in [1.807, 2.05) is 6.92 Å². The molecule has 0 spiro atoms. The number of unbranched alkanes of at least 4 members (excludes halogenated alkanes) is 2. The molecule has 0 aromatic rings. The SMILES string of the molecule is CCCCCOC(C)CC(C)(NC1CC1)C(=O)O. The van der Waals surface area contributed by atoms with E-state index in [1.165, 1.54) is 12.8 Å². The highest BCUT2D eigenvalue weighted by atomic mass is 16.5. The molecule has 0 bridgehead atoms. The second-order valence-corrected chi connectivity index (χ2v) is 5.65. The second-order valence-electron chi connectivity index (χ2n) is 5.65. The van der Waals surface area contributed by atoms with Crippen LogP contribution in [0.3, 0.4) is 0 Å². The molecule has 106 valence electrons. The van der Waals surface area contributed by atoms with E-state index < -0.39 is 11.5 Å². The first-order valence-corrected chi connectivity index (χ1v) is 7.10. The zero-order valence-electron chi connectivity index (χ0n) is 11.9. The average Bonchev–Trinajstić information content (AvgIpc) is 3.07. The van der Waals surface area contributed by atoms with E-state index >= 15 is 0 Å². The largest absolute Gasteiger partial charge is 0.480 e. The van der Waals surface area contributed by atoms with Crippen molar-refractivity contribution in [3.8, 4) is 0 Å². The average molecular weight is 257 g/mol. The summed E-state index contributed by atoms with van der Waals surface area (Å²) < 4.78 is 5.69. The number of carbonyl (C=O) groups is 1. The van der Waals surface area contributed by atoms with Crippen LogP contribution in [0.15, 0.2) is 0 Å². The van der Waals surface area contributed by atoms with E-state index in [0.29, 0.717) is 12.5 Å². The first kappa shape index (κ1) is 15.4. The van der Waals surface area contributed by atoms with Crippen LogP contribution in [-0.4, -0.2) is 35.4 Å². The van der Waals surface area contributed by atoms with E-state index in [-0.39, 0.29) is 6.10 Å². The summed E-state index contributed by atoms with van der Waals surface area (Å²) in [5.41, 5.74) is -0.856. The Bertz CT molecular complexity index is 266. The van der Waals surface area contributed by atoms with Gasteiger partial charge in [0.15, 0.2) is 0 Å². The Morgan fingerprint density at radius 3 is 2.67 bits per heavy atom. The van der Waals surface area contributed by atoms with Crippen molar-refractivity contribution in [2.75, 3.05) is 6.61 Å². The van der Waals surface area contributed by atoms with Gasteiger partial charge in [0.25, 0.3) is 0 Å². The van der Waals surface area contributed by atoms with E-state index in [2.05, 4.69) is 12.2 Å². The van der Waals surface area contributed by atoms with Crippen LogP contribution in [0.25, 0.3) is 0 Å². The Morgan fingerprint density at radius 1 is 1.50 bits per heavy atom. The van der Waals surface area contributed by atoms with Crippen molar-refractivity contribution in [2.45, 2.75) is 77.0 Å². The minimum absolute atomic E-state index is 0.0193. The summed E-state index contributed by atoms with van der Waals surface area (Å²) in [6.45, 7) is 6.61. The molecule has 1 aliphatic rings. The Hall–Kier alpha value is -0.610. The van der Waals surface area contributed by atoms with Crippen molar-refractivity contribution in [1.29, 1.82) is 0 Å². The van der Waals surface area contributed by atoms with Gasteiger partial charge in [0.1, 0.15) is 5.54 Å². The molecular weight excluding hydrogens is 230 g/mol. The van der Waals surface area contributed by atoms with Gasteiger partial charge < -0.3 is 9.84 Å². The maximum Gasteiger partial charge on any atom is 0.323 e. The van der Waals surface area contributed by atoms with Crippen LogP contribution in [0.5, 0.6) is 0 Å². The fraction of sp³-hybridized carbons (Fsp3) is 0.929. The van der Waals surface area contributed by atoms with Crippen molar-refractivity contribution in [2.24, 2.45) is 0 Å². The van der Waals surface area contributed by atoms with Crippen LogP contribution in [0, 0.1) is 0 Å².